The highest BCUT2D eigenvalue weighted by atomic mass is 32.1. The second-order valence-electron chi connectivity index (χ2n) is 6.93. The predicted molar refractivity (Wildman–Crippen MR) is 123 cm³/mol. The number of hydrogen-bond acceptors (Lipinski definition) is 7. The first-order valence-electron chi connectivity index (χ1n) is 9.87. The molecule has 2 heterocycles. The number of carbonyl (C=O) groups is 1. The number of aromatic amines is 1. The number of nitrogens with zero attached hydrogens (tertiary/aromatic N) is 2. The first-order valence-corrected chi connectivity index (χ1v) is 10.7. The molecule has 0 aliphatic carbocycles. The fourth-order valence-corrected chi connectivity index (χ4v) is 4.28. The van der Waals surface area contributed by atoms with E-state index in [0.29, 0.717) is 29.3 Å². The molecule has 7 nitrogen and oxygen atoms in total. The Kier molecular flexibility index (Phi) is 6.91. The number of carbonyl (C=O) groups excluding carboxylic acids is 1. The van der Waals surface area contributed by atoms with Crippen molar-refractivity contribution in [3.63, 3.8) is 0 Å². The molecule has 0 aliphatic heterocycles. The van der Waals surface area contributed by atoms with E-state index in [0.717, 1.165) is 33.1 Å². The summed E-state index contributed by atoms with van der Waals surface area (Å²) in [6.07, 6.45) is 1.73. The van der Waals surface area contributed by atoms with Crippen LogP contribution in [0.25, 0.3) is 22.7 Å². The minimum Gasteiger partial charge on any atom is -0.489 e. The van der Waals surface area contributed by atoms with Gasteiger partial charge in [0.15, 0.2) is 5.82 Å². The number of aromatic nitrogens is 3. The van der Waals surface area contributed by atoms with Crippen LogP contribution in [0.1, 0.15) is 41.2 Å². The first kappa shape index (κ1) is 22.3. The second kappa shape index (κ2) is 9.61. The highest BCUT2D eigenvalue weighted by molar-refractivity contribution is 7.12. The van der Waals surface area contributed by atoms with Gasteiger partial charge in [-0.15, -0.1) is 11.3 Å². The van der Waals surface area contributed by atoms with Gasteiger partial charge in [-0.1, -0.05) is 24.8 Å². The number of nitrogens with two attached hydrogens (primary N) is 1. The van der Waals surface area contributed by atoms with Crippen LogP contribution in [0.15, 0.2) is 36.2 Å². The van der Waals surface area contributed by atoms with Crippen molar-refractivity contribution in [2.75, 3.05) is 6.61 Å². The Morgan fingerprint density at radius 2 is 2.13 bits per heavy atom. The van der Waals surface area contributed by atoms with Crippen LogP contribution in [0, 0.1) is 13.8 Å². The summed E-state index contributed by atoms with van der Waals surface area (Å²) >= 11 is 1.42. The number of H-pyrrole nitrogens is 1. The van der Waals surface area contributed by atoms with E-state index >= 15 is 0 Å². The Morgan fingerprint density at radius 1 is 1.35 bits per heavy atom. The molecule has 0 saturated heterocycles. The van der Waals surface area contributed by atoms with Gasteiger partial charge >= 0.3 is 5.97 Å². The quantitative estimate of drug-likeness (QED) is 0.393. The number of ether oxygens (including phenoxy) is 2. The molecule has 8 heteroatoms. The lowest BCUT2D eigenvalue weighted by Gasteiger charge is -2.12. The van der Waals surface area contributed by atoms with E-state index in [1.54, 1.807) is 19.9 Å². The lowest BCUT2D eigenvalue weighted by Crippen LogP contribution is -2.09. The third-order valence-corrected chi connectivity index (χ3v) is 5.71. The molecule has 0 amide bonds. The second-order valence-corrected chi connectivity index (χ2v) is 7.81. The summed E-state index contributed by atoms with van der Waals surface area (Å²) < 4.78 is 11.3. The van der Waals surface area contributed by atoms with Crippen molar-refractivity contribution >= 4 is 28.6 Å². The maximum absolute atomic E-state index is 12.4. The zero-order valence-electron chi connectivity index (χ0n) is 18.1. The van der Waals surface area contributed by atoms with E-state index in [2.05, 4.69) is 21.8 Å². The summed E-state index contributed by atoms with van der Waals surface area (Å²) in [5.74, 6) is 1.70. The lowest BCUT2D eigenvalue weighted by atomic mass is 10.0. The van der Waals surface area contributed by atoms with Crippen molar-refractivity contribution in [2.24, 2.45) is 5.73 Å². The standard InChI is InChI=1S/C23H26N4O3S/c1-6-18(23(28)29-7-2)21-20(14(4)24)17(12-31-21)11-30-19-10-16(9-8-13(19)3)22-25-15(5)26-27-22/h6,8-10,12H,4,7,11,24H2,1-3,5H3,(H,25,26,27)/b18-6+. The monoisotopic (exact) mass is 438 g/mol. The molecule has 0 radical (unpaired) electrons. The topological polar surface area (TPSA) is 103 Å². The smallest absolute Gasteiger partial charge is 0.339 e. The van der Waals surface area contributed by atoms with Gasteiger partial charge in [-0.3, -0.25) is 5.10 Å². The SMILES string of the molecule is C=C(N)c1c(COc2cc(-c3n[nH]c(C)n3)ccc2C)csc1/C(=C\C)C(=O)OCC. The minimum absolute atomic E-state index is 0.277. The largest absolute Gasteiger partial charge is 0.489 e. The molecule has 0 fully saturated rings. The molecule has 2 aromatic heterocycles. The molecule has 162 valence electrons. The number of nitrogens with one attached hydrogen (secondary N) is 1. The molecule has 0 atom stereocenters. The van der Waals surface area contributed by atoms with Crippen LogP contribution in [-0.2, 0) is 16.1 Å². The van der Waals surface area contributed by atoms with Crippen molar-refractivity contribution in [3.8, 4) is 17.1 Å². The van der Waals surface area contributed by atoms with Gasteiger partial charge in [-0.25, -0.2) is 9.78 Å². The lowest BCUT2D eigenvalue weighted by molar-refractivity contribution is -0.136. The Hall–Kier alpha value is -3.39. The number of benzene rings is 1. The van der Waals surface area contributed by atoms with Gasteiger partial charge in [0.05, 0.1) is 17.1 Å². The number of hydrogen-bond donors (Lipinski definition) is 2. The average Bonchev–Trinajstić information content (AvgIpc) is 3.35. The van der Waals surface area contributed by atoms with E-state index in [1.807, 2.05) is 37.4 Å². The van der Waals surface area contributed by atoms with E-state index in [-0.39, 0.29) is 12.6 Å². The van der Waals surface area contributed by atoms with Gasteiger partial charge in [0, 0.05) is 22.4 Å². The van der Waals surface area contributed by atoms with Crippen molar-refractivity contribution in [1.82, 2.24) is 15.2 Å². The summed E-state index contributed by atoms with van der Waals surface area (Å²) in [6.45, 7) is 11.9. The molecule has 0 aliphatic rings. The third kappa shape index (κ3) is 4.86. The van der Waals surface area contributed by atoms with Gasteiger partial charge in [-0.05, 0) is 44.7 Å². The predicted octanol–water partition coefficient (Wildman–Crippen LogP) is 4.62. The van der Waals surface area contributed by atoms with Crippen LogP contribution in [0.3, 0.4) is 0 Å². The highest BCUT2D eigenvalue weighted by Gasteiger charge is 2.22. The van der Waals surface area contributed by atoms with E-state index in [4.69, 9.17) is 15.2 Å². The van der Waals surface area contributed by atoms with Crippen LogP contribution < -0.4 is 10.5 Å². The molecular formula is C23H26N4O3S. The third-order valence-electron chi connectivity index (χ3n) is 4.64. The van der Waals surface area contributed by atoms with E-state index in [1.165, 1.54) is 11.3 Å². The molecule has 3 N–H and O–H groups in total. The molecule has 1 aromatic carbocycles. The van der Waals surface area contributed by atoms with Crippen molar-refractivity contribution in [1.29, 1.82) is 0 Å². The summed E-state index contributed by atoms with van der Waals surface area (Å²) in [5.41, 5.74) is 10.3. The maximum Gasteiger partial charge on any atom is 0.339 e. The summed E-state index contributed by atoms with van der Waals surface area (Å²) in [6, 6.07) is 5.84. The van der Waals surface area contributed by atoms with Crippen LogP contribution in [0.4, 0.5) is 0 Å². The van der Waals surface area contributed by atoms with Gasteiger partial charge in [-0.2, -0.15) is 5.10 Å². The van der Waals surface area contributed by atoms with Gasteiger partial charge in [0.25, 0.3) is 0 Å². The Bertz CT molecular complexity index is 1140. The van der Waals surface area contributed by atoms with Gasteiger partial charge in [0.1, 0.15) is 18.2 Å². The summed E-state index contributed by atoms with van der Waals surface area (Å²) in [4.78, 5) is 17.5. The Morgan fingerprint density at radius 3 is 2.74 bits per heavy atom. The Balaban J connectivity index is 1.88. The fourth-order valence-electron chi connectivity index (χ4n) is 3.12. The normalized spacial score (nSPS) is 11.4. The summed E-state index contributed by atoms with van der Waals surface area (Å²) in [5, 5.41) is 8.99. The molecule has 31 heavy (non-hydrogen) atoms. The van der Waals surface area contributed by atoms with Gasteiger partial charge in [0.2, 0.25) is 0 Å². The van der Waals surface area contributed by atoms with Crippen LogP contribution in [-0.4, -0.2) is 27.8 Å². The van der Waals surface area contributed by atoms with E-state index in [9.17, 15) is 4.79 Å². The van der Waals surface area contributed by atoms with Crippen LogP contribution in [0.5, 0.6) is 5.75 Å². The average molecular weight is 439 g/mol. The maximum atomic E-state index is 12.4. The number of rotatable bonds is 8. The number of esters is 1. The molecule has 0 unspecified atom stereocenters. The molecule has 0 saturated carbocycles. The highest BCUT2D eigenvalue weighted by Crippen LogP contribution is 2.34. The fraction of sp³-hybridized carbons (Fsp3) is 0.261. The molecular weight excluding hydrogens is 412 g/mol. The van der Waals surface area contributed by atoms with Crippen LogP contribution in [0.2, 0.25) is 0 Å². The molecule has 3 rings (SSSR count). The number of aryl methyl sites for hydroxylation is 2. The van der Waals surface area contributed by atoms with Crippen molar-refractivity contribution in [3.05, 3.63) is 63.6 Å². The van der Waals surface area contributed by atoms with Crippen molar-refractivity contribution in [2.45, 2.75) is 34.3 Å². The van der Waals surface area contributed by atoms with Crippen molar-refractivity contribution < 1.29 is 14.3 Å². The van der Waals surface area contributed by atoms with Crippen LogP contribution >= 0.6 is 11.3 Å². The zero-order chi connectivity index (χ0) is 22.5. The van der Waals surface area contributed by atoms with E-state index < -0.39 is 0 Å². The van der Waals surface area contributed by atoms with Gasteiger partial charge < -0.3 is 15.2 Å². The molecule has 0 spiro atoms. The molecule has 0 bridgehead atoms. The minimum atomic E-state index is -0.382. The summed E-state index contributed by atoms with van der Waals surface area (Å²) in [7, 11) is 0. The molecule has 3 aromatic rings. The first-order chi connectivity index (χ1) is 14.8. The Labute approximate surface area is 185 Å². The number of allylic oxidation sites excluding steroid dienone is 1. The zero-order valence-corrected chi connectivity index (χ0v) is 18.9. The number of thiophene rings is 1.